The Hall–Kier alpha value is -1.10. The van der Waals surface area contributed by atoms with Gasteiger partial charge in [-0.1, -0.05) is 20.3 Å². The average Bonchev–Trinajstić information content (AvgIpc) is 2.45. The van der Waals surface area contributed by atoms with Gasteiger partial charge < -0.3 is 16.0 Å². The van der Waals surface area contributed by atoms with Gasteiger partial charge in [-0.05, 0) is 24.7 Å². The van der Waals surface area contributed by atoms with Gasteiger partial charge in [-0.25, -0.2) is 0 Å². The van der Waals surface area contributed by atoms with E-state index < -0.39 is 0 Å². The summed E-state index contributed by atoms with van der Waals surface area (Å²) in [5.41, 5.74) is 5.98. The summed E-state index contributed by atoms with van der Waals surface area (Å²) >= 11 is 0. The van der Waals surface area contributed by atoms with Crippen LogP contribution in [0.1, 0.15) is 39.5 Å². The quantitative estimate of drug-likeness (QED) is 0.773. The highest BCUT2D eigenvalue weighted by molar-refractivity contribution is 5.82. The third-order valence-electron chi connectivity index (χ3n) is 4.22. The second kappa shape index (κ2) is 7.48. The number of carbonyl (C=O) groups excluding carboxylic acids is 2. The molecule has 1 aliphatic heterocycles. The van der Waals surface area contributed by atoms with Crippen LogP contribution < -0.4 is 11.1 Å². The third-order valence-corrected chi connectivity index (χ3v) is 4.22. The van der Waals surface area contributed by atoms with Crippen LogP contribution in [0.4, 0.5) is 0 Å². The third kappa shape index (κ3) is 4.49. The largest absolute Gasteiger partial charge is 0.359 e. The molecule has 2 amide bonds. The topological polar surface area (TPSA) is 75.4 Å². The van der Waals surface area contributed by atoms with Crippen LogP contribution in [0.25, 0.3) is 0 Å². The van der Waals surface area contributed by atoms with E-state index in [-0.39, 0.29) is 23.8 Å². The van der Waals surface area contributed by atoms with Gasteiger partial charge in [0.15, 0.2) is 0 Å². The fourth-order valence-corrected chi connectivity index (χ4v) is 2.43. The van der Waals surface area contributed by atoms with Gasteiger partial charge >= 0.3 is 0 Å². The van der Waals surface area contributed by atoms with E-state index in [1.54, 1.807) is 7.05 Å². The first-order valence-electron chi connectivity index (χ1n) is 7.24. The zero-order valence-corrected chi connectivity index (χ0v) is 12.3. The molecule has 0 aromatic heterocycles. The number of hydrogen-bond donors (Lipinski definition) is 2. The lowest BCUT2D eigenvalue weighted by Crippen LogP contribution is -2.49. The Morgan fingerprint density at radius 2 is 1.95 bits per heavy atom. The molecule has 19 heavy (non-hydrogen) atoms. The Balaban J connectivity index is 2.41. The molecule has 1 aliphatic rings. The second-order valence-corrected chi connectivity index (χ2v) is 5.56. The highest BCUT2D eigenvalue weighted by Crippen LogP contribution is 2.21. The molecule has 5 nitrogen and oxygen atoms in total. The van der Waals surface area contributed by atoms with E-state index >= 15 is 0 Å². The van der Waals surface area contributed by atoms with Crippen LogP contribution in [-0.4, -0.2) is 42.9 Å². The molecular formula is C14H27N3O2. The van der Waals surface area contributed by atoms with Gasteiger partial charge in [-0.2, -0.15) is 0 Å². The minimum absolute atomic E-state index is 0.0627. The van der Waals surface area contributed by atoms with E-state index in [0.717, 1.165) is 32.4 Å². The van der Waals surface area contributed by atoms with Crippen LogP contribution >= 0.6 is 0 Å². The zero-order valence-electron chi connectivity index (χ0n) is 12.3. The molecule has 1 saturated heterocycles. The molecule has 0 saturated carbocycles. The number of nitrogens with two attached hydrogens (primary N) is 1. The SMILES string of the molecule is CCC(C)C(N)C(=O)N1CCC(CC(=O)NC)CC1. The minimum Gasteiger partial charge on any atom is -0.359 e. The number of likely N-dealkylation sites (tertiary alicyclic amines) is 1. The highest BCUT2D eigenvalue weighted by atomic mass is 16.2. The van der Waals surface area contributed by atoms with Crippen LogP contribution in [0.2, 0.25) is 0 Å². The van der Waals surface area contributed by atoms with Crippen molar-refractivity contribution in [2.75, 3.05) is 20.1 Å². The Morgan fingerprint density at radius 1 is 1.37 bits per heavy atom. The van der Waals surface area contributed by atoms with Crippen molar-refractivity contribution >= 4 is 11.8 Å². The molecule has 0 radical (unpaired) electrons. The van der Waals surface area contributed by atoms with E-state index in [0.29, 0.717) is 12.3 Å². The van der Waals surface area contributed by atoms with E-state index in [1.807, 2.05) is 18.7 Å². The van der Waals surface area contributed by atoms with Crippen LogP contribution in [0, 0.1) is 11.8 Å². The molecule has 1 fully saturated rings. The maximum Gasteiger partial charge on any atom is 0.239 e. The smallest absolute Gasteiger partial charge is 0.239 e. The Kier molecular flexibility index (Phi) is 6.28. The summed E-state index contributed by atoms with van der Waals surface area (Å²) in [6.45, 7) is 5.52. The van der Waals surface area contributed by atoms with Crippen LogP contribution in [0.5, 0.6) is 0 Å². The first-order valence-corrected chi connectivity index (χ1v) is 7.24. The number of nitrogens with one attached hydrogen (secondary N) is 1. The summed E-state index contributed by atoms with van der Waals surface area (Å²) in [5.74, 6) is 0.758. The maximum absolute atomic E-state index is 12.2. The monoisotopic (exact) mass is 269 g/mol. The number of hydrogen-bond acceptors (Lipinski definition) is 3. The number of piperidine rings is 1. The molecule has 0 bridgehead atoms. The summed E-state index contributed by atoms with van der Waals surface area (Å²) in [6.07, 6.45) is 3.27. The standard InChI is InChI=1S/C14H27N3O2/c1-4-10(2)13(15)14(19)17-7-5-11(6-8-17)9-12(18)16-3/h10-11,13H,4-9,15H2,1-3H3,(H,16,18). The maximum atomic E-state index is 12.2. The summed E-state index contributed by atoms with van der Waals surface area (Å²) in [6, 6.07) is -0.388. The normalized spacial score (nSPS) is 19.9. The number of amides is 2. The first-order chi connectivity index (χ1) is 8.99. The van der Waals surface area contributed by atoms with Gasteiger partial charge in [0.25, 0.3) is 0 Å². The van der Waals surface area contributed by atoms with E-state index in [2.05, 4.69) is 5.32 Å². The molecule has 0 aliphatic carbocycles. The van der Waals surface area contributed by atoms with Crippen molar-refractivity contribution in [2.24, 2.45) is 17.6 Å². The molecule has 2 unspecified atom stereocenters. The molecular weight excluding hydrogens is 242 g/mol. The van der Waals surface area contributed by atoms with Crippen molar-refractivity contribution in [2.45, 2.75) is 45.6 Å². The molecule has 1 heterocycles. The summed E-state index contributed by atoms with van der Waals surface area (Å²) in [7, 11) is 1.66. The predicted molar refractivity (Wildman–Crippen MR) is 75.4 cm³/mol. The van der Waals surface area contributed by atoms with Crippen molar-refractivity contribution in [1.29, 1.82) is 0 Å². The molecule has 1 rings (SSSR count). The molecule has 3 N–H and O–H groups in total. The van der Waals surface area contributed by atoms with Gasteiger partial charge in [0, 0.05) is 26.6 Å². The number of rotatable bonds is 5. The van der Waals surface area contributed by atoms with Gasteiger partial charge in [0.05, 0.1) is 6.04 Å². The van der Waals surface area contributed by atoms with Gasteiger partial charge in [-0.3, -0.25) is 9.59 Å². The minimum atomic E-state index is -0.388. The number of nitrogens with zero attached hydrogens (tertiary/aromatic N) is 1. The Bertz CT molecular complexity index is 312. The summed E-state index contributed by atoms with van der Waals surface area (Å²) in [4.78, 5) is 25.4. The Labute approximate surface area is 115 Å². The second-order valence-electron chi connectivity index (χ2n) is 5.56. The average molecular weight is 269 g/mol. The lowest BCUT2D eigenvalue weighted by molar-refractivity contribution is -0.135. The molecule has 0 aromatic carbocycles. The predicted octanol–water partition coefficient (Wildman–Crippen LogP) is 0.735. The van der Waals surface area contributed by atoms with E-state index in [9.17, 15) is 9.59 Å². The molecule has 0 aromatic rings. The van der Waals surface area contributed by atoms with E-state index in [4.69, 9.17) is 5.73 Å². The first kappa shape index (κ1) is 16.0. The Morgan fingerprint density at radius 3 is 2.42 bits per heavy atom. The highest BCUT2D eigenvalue weighted by Gasteiger charge is 2.29. The summed E-state index contributed by atoms with van der Waals surface area (Å²) in [5, 5.41) is 2.65. The van der Waals surface area contributed by atoms with Crippen molar-refractivity contribution in [1.82, 2.24) is 10.2 Å². The van der Waals surface area contributed by atoms with Gasteiger partial charge in [-0.15, -0.1) is 0 Å². The lowest BCUT2D eigenvalue weighted by atomic mass is 9.91. The van der Waals surface area contributed by atoms with Crippen molar-refractivity contribution in [3.8, 4) is 0 Å². The summed E-state index contributed by atoms with van der Waals surface area (Å²) < 4.78 is 0. The fourth-order valence-electron chi connectivity index (χ4n) is 2.43. The molecule has 0 spiro atoms. The van der Waals surface area contributed by atoms with Crippen LogP contribution in [0.3, 0.4) is 0 Å². The van der Waals surface area contributed by atoms with Gasteiger partial charge in [0.1, 0.15) is 0 Å². The van der Waals surface area contributed by atoms with Gasteiger partial charge in [0.2, 0.25) is 11.8 Å². The molecule has 110 valence electrons. The van der Waals surface area contributed by atoms with Crippen LogP contribution in [0.15, 0.2) is 0 Å². The van der Waals surface area contributed by atoms with Crippen molar-refractivity contribution < 1.29 is 9.59 Å². The fraction of sp³-hybridized carbons (Fsp3) is 0.857. The molecule has 2 atom stereocenters. The lowest BCUT2D eigenvalue weighted by Gasteiger charge is -2.34. The zero-order chi connectivity index (χ0) is 14.4. The van der Waals surface area contributed by atoms with Crippen LogP contribution in [-0.2, 0) is 9.59 Å². The molecule has 5 heteroatoms. The van der Waals surface area contributed by atoms with Crippen molar-refractivity contribution in [3.63, 3.8) is 0 Å². The van der Waals surface area contributed by atoms with Crippen molar-refractivity contribution in [3.05, 3.63) is 0 Å². The van der Waals surface area contributed by atoms with E-state index in [1.165, 1.54) is 0 Å². The number of carbonyl (C=O) groups is 2.